The van der Waals surface area contributed by atoms with Crippen molar-refractivity contribution in [2.24, 2.45) is 5.92 Å². The Hall–Kier alpha value is -2.86. The number of ether oxygens (including phenoxy) is 3. The highest BCUT2D eigenvalue weighted by molar-refractivity contribution is 7.17. The van der Waals surface area contributed by atoms with Crippen LogP contribution in [0.5, 0.6) is 0 Å². The molecule has 3 heterocycles. The zero-order valence-electron chi connectivity index (χ0n) is 28.0. The van der Waals surface area contributed by atoms with Crippen molar-refractivity contribution in [2.45, 2.75) is 89.9 Å². The minimum atomic E-state index is -1.27. The maximum Gasteiger partial charge on any atom is 0.308 e. The molecule has 2 saturated heterocycles. The van der Waals surface area contributed by atoms with Gasteiger partial charge < -0.3 is 19.5 Å². The molecule has 1 aliphatic carbocycles. The van der Waals surface area contributed by atoms with Gasteiger partial charge in [-0.05, 0) is 83.1 Å². The van der Waals surface area contributed by atoms with Gasteiger partial charge >= 0.3 is 5.97 Å². The molecule has 1 saturated carbocycles. The summed E-state index contributed by atoms with van der Waals surface area (Å²) in [5, 5.41) is 6.08. The zero-order chi connectivity index (χ0) is 33.8. The van der Waals surface area contributed by atoms with Gasteiger partial charge in [0, 0.05) is 48.1 Å². The van der Waals surface area contributed by atoms with Crippen LogP contribution in [0.3, 0.4) is 0 Å². The van der Waals surface area contributed by atoms with E-state index in [1.807, 2.05) is 56.5 Å². The standard InChI is InChI=1S/C37H46ClN3O6S/c1-4-45-36(44)27-12-14-28(15-13-27)47-37(40-17-7-8-18-40,41-21-24(2)46-25(3)22-41)34(42)20-26-11-16-32(31(38)19-26)39-35(43)30-23-48-33-10-6-5-9-29(30)33/h5-6,9-11,16,19,23-25,27-28H,4,7-8,12-15,17-18,20-22H2,1-3H3,(H,39,43)/t24-,25+,27-,28-,37?. The fraction of sp³-hybridized carbons (Fsp3) is 0.541. The number of morpholine rings is 1. The monoisotopic (exact) mass is 695 g/mol. The average molecular weight is 696 g/mol. The summed E-state index contributed by atoms with van der Waals surface area (Å²) in [6.07, 6.45) is 4.49. The Labute approximate surface area is 291 Å². The number of fused-ring (bicyclic) bond motifs is 1. The molecule has 9 nitrogen and oxygen atoms in total. The Morgan fingerprint density at radius 2 is 1.71 bits per heavy atom. The van der Waals surface area contributed by atoms with Gasteiger partial charge in [-0.2, -0.15) is 0 Å². The molecule has 3 aliphatic rings. The van der Waals surface area contributed by atoms with Crippen LogP contribution in [0.15, 0.2) is 47.8 Å². The van der Waals surface area contributed by atoms with Gasteiger partial charge in [-0.1, -0.05) is 35.9 Å². The van der Waals surface area contributed by atoms with E-state index in [0.717, 1.165) is 41.6 Å². The van der Waals surface area contributed by atoms with E-state index < -0.39 is 5.85 Å². The third-order valence-corrected chi connectivity index (χ3v) is 11.0. The number of nitrogens with zero attached hydrogens (tertiary/aromatic N) is 2. The molecule has 2 aromatic carbocycles. The molecule has 258 valence electrons. The topological polar surface area (TPSA) is 97.4 Å². The van der Waals surface area contributed by atoms with Gasteiger partial charge in [0.25, 0.3) is 5.91 Å². The fourth-order valence-electron chi connectivity index (χ4n) is 7.54. The van der Waals surface area contributed by atoms with Crippen molar-refractivity contribution >= 4 is 56.4 Å². The number of amides is 1. The van der Waals surface area contributed by atoms with E-state index in [0.29, 0.717) is 61.7 Å². The normalized spacial score (nSPS) is 25.1. The number of nitrogens with one attached hydrogen (secondary N) is 1. The van der Waals surface area contributed by atoms with Crippen molar-refractivity contribution < 1.29 is 28.6 Å². The minimum absolute atomic E-state index is 0.0455. The first kappa shape index (κ1) is 35.0. The molecule has 0 radical (unpaired) electrons. The van der Waals surface area contributed by atoms with Crippen LogP contribution in [-0.2, 0) is 30.2 Å². The maximum atomic E-state index is 14.9. The number of halogens is 1. The predicted molar refractivity (Wildman–Crippen MR) is 189 cm³/mol. The summed E-state index contributed by atoms with van der Waals surface area (Å²) in [6.45, 7) is 8.92. The zero-order valence-corrected chi connectivity index (χ0v) is 29.6. The molecule has 2 aliphatic heterocycles. The Kier molecular flexibility index (Phi) is 11.2. The first-order chi connectivity index (χ1) is 23.2. The average Bonchev–Trinajstić information content (AvgIpc) is 3.76. The van der Waals surface area contributed by atoms with Gasteiger partial charge in [0.05, 0.1) is 47.1 Å². The second-order valence-electron chi connectivity index (χ2n) is 13.3. The largest absolute Gasteiger partial charge is 0.466 e. The molecule has 11 heteroatoms. The summed E-state index contributed by atoms with van der Waals surface area (Å²) >= 11 is 8.28. The first-order valence-corrected chi connectivity index (χ1v) is 18.5. The van der Waals surface area contributed by atoms with E-state index in [-0.39, 0.29) is 48.3 Å². The van der Waals surface area contributed by atoms with Crippen LogP contribution in [0.1, 0.15) is 75.2 Å². The van der Waals surface area contributed by atoms with Crippen molar-refractivity contribution in [3.05, 3.63) is 64.0 Å². The fourth-order valence-corrected chi connectivity index (χ4v) is 8.73. The molecule has 48 heavy (non-hydrogen) atoms. The Morgan fingerprint density at radius 1 is 1.00 bits per heavy atom. The highest BCUT2D eigenvalue weighted by Gasteiger charge is 2.54. The molecule has 1 unspecified atom stereocenters. The van der Waals surface area contributed by atoms with Crippen LogP contribution in [0, 0.1) is 5.92 Å². The van der Waals surface area contributed by atoms with Gasteiger partial charge in [-0.15, -0.1) is 11.3 Å². The number of thiophene rings is 1. The number of Topliss-reactive ketones (excluding diaryl/α,β-unsaturated/α-hetero) is 1. The Bertz CT molecular complexity index is 1610. The number of ketones is 1. The molecule has 1 N–H and O–H groups in total. The van der Waals surface area contributed by atoms with E-state index in [1.165, 1.54) is 11.3 Å². The van der Waals surface area contributed by atoms with Gasteiger partial charge in [0.2, 0.25) is 5.85 Å². The lowest BCUT2D eigenvalue weighted by Gasteiger charge is -2.52. The third-order valence-electron chi connectivity index (χ3n) is 9.74. The Morgan fingerprint density at radius 3 is 2.40 bits per heavy atom. The lowest BCUT2D eigenvalue weighted by Crippen LogP contribution is -2.71. The summed E-state index contributed by atoms with van der Waals surface area (Å²) < 4.78 is 19.6. The molecule has 6 rings (SSSR count). The quantitative estimate of drug-likeness (QED) is 0.216. The second-order valence-corrected chi connectivity index (χ2v) is 14.6. The molecule has 3 atom stereocenters. The molecule has 3 aromatic rings. The number of carbonyl (C=O) groups excluding carboxylic acids is 3. The molecule has 1 amide bonds. The smallest absolute Gasteiger partial charge is 0.308 e. The number of anilines is 1. The predicted octanol–water partition coefficient (Wildman–Crippen LogP) is 6.92. The van der Waals surface area contributed by atoms with Crippen molar-refractivity contribution in [2.75, 3.05) is 38.1 Å². The van der Waals surface area contributed by atoms with Crippen molar-refractivity contribution in [1.82, 2.24) is 9.80 Å². The highest BCUT2D eigenvalue weighted by Crippen LogP contribution is 2.38. The molecule has 1 aromatic heterocycles. The summed E-state index contributed by atoms with van der Waals surface area (Å²) in [4.78, 5) is 45.0. The number of benzene rings is 2. The molecular formula is C37H46ClN3O6S. The lowest BCUT2D eigenvalue weighted by atomic mass is 9.87. The van der Waals surface area contributed by atoms with Crippen LogP contribution >= 0.6 is 22.9 Å². The highest BCUT2D eigenvalue weighted by atomic mass is 35.5. The van der Waals surface area contributed by atoms with Crippen molar-refractivity contribution in [3.63, 3.8) is 0 Å². The molecule has 0 spiro atoms. The van der Waals surface area contributed by atoms with Gasteiger partial charge in [-0.3, -0.25) is 24.2 Å². The molecule has 0 bridgehead atoms. The van der Waals surface area contributed by atoms with Crippen LogP contribution in [0.2, 0.25) is 5.02 Å². The third kappa shape index (κ3) is 7.49. The van der Waals surface area contributed by atoms with E-state index in [1.54, 1.807) is 12.1 Å². The van der Waals surface area contributed by atoms with Crippen molar-refractivity contribution in [3.8, 4) is 0 Å². The number of esters is 1. The van der Waals surface area contributed by atoms with E-state index in [2.05, 4.69) is 15.1 Å². The van der Waals surface area contributed by atoms with Crippen LogP contribution in [0.4, 0.5) is 5.69 Å². The summed E-state index contributed by atoms with van der Waals surface area (Å²) in [7, 11) is 0. The van der Waals surface area contributed by atoms with E-state index >= 15 is 0 Å². The van der Waals surface area contributed by atoms with Crippen molar-refractivity contribution in [1.29, 1.82) is 0 Å². The van der Waals surface area contributed by atoms with E-state index in [9.17, 15) is 14.4 Å². The summed E-state index contributed by atoms with van der Waals surface area (Å²) in [5.41, 5.74) is 1.84. The van der Waals surface area contributed by atoms with Gasteiger partial charge in [0.1, 0.15) is 0 Å². The number of carbonyl (C=O) groups is 3. The number of likely N-dealkylation sites (tertiary alicyclic amines) is 1. The van der Waals surface area contributed by atoms with E-state index in [4.69, 9.17) is 25.8 Å². The van der Waals surface area contributed by atoms with Crippen LogP contribution in [-0.4, -0.2) is 84.4 Å². The maximum absolute atomic E-state index is 14.9. The Balaban J connectivity index is 1.24. The molecule has 3 fully saturated rings. The second kappa shape index (κ2) is 15.4. The summed E-state index contributed by atoms with van der Waals surface area (Å²) in [6, 6.07) is 13.2. The summed E-state index contributed by atoms with van der Waals surface area (Å²) in [5.74, 6) is -1.83. The SMILES string of the molecule is CCOC(=O)[C@H]1CC[C@H](OC(C(=O)Cc2ccc(NC(=O)c3csc4ccccc34)c(Cl)c2)(N2CCCC2)N2C[C@@H](C)O[C@@H](C)C2)CC1. The number of hydrogen-bond acceptors (Lipinski definition) is 9. The number of rotatable bonds is 11. The first-order valence-electron chi connectivity index (χ1n) is 17.3. The minimum Gasteiger partial charge on any atom is -0.466 e. The van der Waals surface area contributed by atoms with Crippen LogP contribution < -0.4 is 5.32 Å². The van der Waals surface area contributed by atoms with Gasteiger partial charge in [0.15, 0.2) is 5.78 Å². The number of hydrogen-bond donors (Lipinski definition) is 1. The lowest BCUT2D eigenvalue weighted by molar-refractivity contribution is -0.274. The molecular weight excluding hydrogens is 650 g/mol. The van der Waals surface area contributed by atoms with Gasteiger partial charge in [-0.25, -0.2) is 0 Å². The van der Waals surface area contributed by atoms with Crippen LogP contribution in [0.25, 0.3) is 10.1 Å².